The molecule has 1 aliphatic rings. The van der Waals surface area contributed by atoms with Gasteiger partial charge in [-0.1, -0.05) is 42.5 Å². The molecule has 0 fully saturated rings. The standard InChI is InChI=1S/C23H23N5O/c1-3-28(4-2)17-12-10-15(11-13-17)19-18(14-24)22(25)29-23-20(19)21(26-27-23)16-8-6-5-7-9-16/h5-13,19H,3-4,25H2,1-2H3,(H,26,27)/t19-/m1/s1. The fraction of sp³-hybridized carbons (Fsp3) is 0.217. The number of hydrogen-bond acceptors (Lipinski definition) is 5. The molecule has 0 radical (unpaired) electrons. The quantitative estimate of drug-likeness (QED) is 0.689. The van der Waals surface area contributed by atoms with Crippen LogP contribution in [0.1, 0.15) is 30.9 Å². The van der Waals surface area contributed by atoms with Gasteiger partial charge in [0, 0.05) is 18.8 Å². The molecular weight excluding hydrogens is 362 g/mol. The van der Waals surface area contributed by atoms with E-state index in [1.807, 2.05) is 30.3 Å². The van der Waals surface area contributed by atoms with Gasteiger partial charge in [-0.2, -0.15) is 5.26 Å². The summed E-state index contributed by atoms with van der Waals surface area (Å²) in [6.45, 7) is 6.15. The third-order valence-corrected chi connectivity index (χ3v) is 5.36. The van der Waals surface area contributed by atoms with E-state index in [1.165, 1.54) is 0 Å². The van der Waals surface area contributed by atoms with E-state index in [4.69, 9.17) is 10.5 Å². The normalized spacial score (nSPS) is 15.4. The van der Waals surface area contributed by atoms with Gasteiger partial charge in [-0.25, -0.2) is 0 Å². The zero-order valence-electron chi connectivity index (χ0n) is 16.5. The van der Waals surface area contributed by atoms with Gasteiger partial charge in [0.15, 0.2) is 0 Å². The average Bonchev–Trinajstić information content (AvgIpc) is 3.18. The van der Waals surface area contributed by atoms with Crippen LogP contribution in [0, 0.1) is 11.3 Å². The number of aromatic nitrogens is 2. The number of hydrogen-bond donors (Lipinski definition) is 2. The number of nitrogens with one attached hydrogen (secondary N) is 1. The number of nitrogens with two attached hydrogens (primary N) is 1. The summed E-state index contributed by atoms with van der Waals surface area (Å²) in [7, 11) is 0. The van der Waals surface area contributed by atoms with Crippen molar-refractivity contribution in [3.05, 3.63) is 77.2 Å². The highest BCUT2D eigenvalue weighted by atomic mass is 16.5. The molecule has 146 valence electrons. The molecule has 0 spiro atoms. The van der Waals surface area contributed by atoms with Crippen molar-refractivity contribution in [2.45, 2.75) is 19.8 Å². The summed E-state index contributed by atoms with van der Waals surface area (Å²) in [5, 5.41) is 17.2. The average molecular weight is 385 g/mol. The van der Waals surface area contributed by atoms with Crippen LogP contribution in [-0.4, -0.2) is 23.3 Å². The van der Waals surface area contributed by atoms with Crippen molar-refractivity contribution in [3.63, 3.8) is 0 Å². The number of anilines is 1. The van der Waals surface area contributed by atoms with Crippen LogP contribution in [0.5, 0.6) is 5.88 Å². The van der Waals surface area contributed by atoms with Gasteiger partial charge >= 0.3 is 0 Å². The number of ether oxygens (including phenoxy) is 1. The molecule has 3 N–H and O–H groups in total. The van der Waals surface area contributed by atoms with Crippen LogP contribution >= 0.6 is 0 Å². The van der Waals surface area contributed by atoms with E-state index in [2.05, 4.69) is 59.3 Å². The Hall–Kier alpha value is -3.72. The van der Waals surface area contributed by atoms with Gasteiger partial charge in [-0.15, -0.1) is 5.10 Å². The predicted molar refractivity (Wildman–Crippen MR) is 113 cm³/mol. The van der Waals surface area contributed by atoms with Crippen LogP contribution in [0.3, 0.4) is 0 Å². The monoisotopic (exact) mass is 385 g/mol. The van der Waals surface area contributed by atoms with Gasteiger partial charge < -0.3 is 15.4 Å². The maximum Gasteiger partial charge on any atom is 0.244 e. The van der Waals surface area contributed by atoms with Gasteiger partial charge in [-0.05, 0) is 37.1 Å². The fourth-order valence-electron chi connectivity index (χ4n) is 3.87. The van der Waals surface area contributed by atoms with Gasteiger partial charge in [0.2, 0.25) is 11.8 Å². The molecule has 0 saturated heterocycles. The third kappa shape index (κ3) is 3.21. The second-order valence-electron chi connectivity index (χ2n) is 6.87. The van der Waals surface area contributed by atoms with E-state index in [-0.39, 0.29) is 11.8 Å². The summed E-state index contributed by atoms with van der Waals surface area (Å²) in [6, 6.07) is 20.4. The first-order valence-corrected chi connectivity index (χ1v) is 9.74. The van der Waals surface area contributed by atoms with Crippen molar-refractivity contribution in [1.82, 2.24) is 10.2 Å². The van der Waals surface area contributed by atoms with Gasteiger partial charge in [0.25, 0.3) is 0 Å². The molecule has 6 heteroatoms. The summed E-state index contributed by atoms with van der Waals surface area (Å²) >= 11 is 0. The Balaban J connectivity index is 1.85. The lowest BCUT2D eigenvalue weighted by molar-refractivity contribution is 0.379. The first kappa shape index (κ1) is 18.6. The number of nitriles is 1. The van der Waals surface area contributed by atoms with Crippen molar-refractivity contribution < 1.29 is 4.74 Å². The molecule has 0 unspecified atom stereocenters. The Morgan fingerprint density at radius 1 is 1.10 bits per heavy atom. The van der Waals surface area contributed by atoms with Crippen LogP contribution in [0.15, 0.2) is 66.1 Å². The van der Waals surface area contributed by atoms with E-state index in [0.717, 1.165) is 41.2 Å². The number of aromatic amines is 1. The van der Waals surface area contributed by atoms with Gasteiger partial charge in [-0.3, -0.25) is 5.10 Å². The summed E-state index contributed by atoms with van der Waals surface area (Å²) in [5.41, 5.74) is 11.2. The number of benzene rings is 2. The van der Waals surface area contributed by atoms with E-state index in [9.17, 15) is 5.26 Å². The molecule has 6 nitrogen and oxygen atoms in total. The van der Waals surface area contributed by atoms with Crippen LogP contribution in [0.4, 0.5) is 5.69 Å². The number of allylic oxidation sites excluding steroid dienone is 1. The van der Waals surface area contributed by atoms with Crippen molar-refractivity contribution in [3.8, 4) is 23.2 Å². The Kier molecular flexibility index (Phi) is 4.96. The molecule has 0 amide bonds. The Morgan fingerprint density at radius 2 is 1.79 bits per heavy atom. The second kappa shape index (κ2) is 7.72. The highest BCUT2D eigenvalue weighted by Crippen LogP contribution is 2.45. The molecule has 3 aromatic rings. The maximum absolute atomic E-state index is 9.83. The molecule has 1 aliphatic heterocycles. The molecule has 2 heterocycles. The predicted octanol–water partition coefficient (Wildman–Crippen LogP) is 4.14. The van der Waals surface area contributed by atoms with Crippen molar-refractivity contribution in [2.24, 2.45) is 5.73 Å². The highest BCUT2D eigenvalue weighted by molar-refractivity contribution is 5.71. The summed E-state index contributed by atoms with van der Waals surface area (Å²) < 4.78 is 5.67. The van der Waals surface area contributed by atoms with Crippen molar-refractivity contribution in [2.75, 3.05) is 18.0 Å². The zero-order chi connectivity index (χ0) is 20.4. The summed E-state index contributed by atoms with van der Waals surface area (Å²) in [4.78, 5) is 2.28. The number of fused-ring (bicyclic) bond motifs is 1. The topological polar surface area (TPSA) is 91.0 Å². The molecule has 2 aromatic carbocycles. The molecule has 0 aliphatic carbocycles. The minimum atomic E-state index is -0.344. The molecule has 29 heavy (non-hydrogen) atoms. The van der Waals surface area contributed by atoms with Crippen LogP contribution in [0.2, 0.25) is 0 Å². The second-order valence-corrected chi connectivity index (χ2v) is 6.87. The minimum Gasteiger partial charge on any atom is -0.420 e. The first-order chi connectivity index (χ1) is 14.2. The van der Waals surface area contributed by atoms with E-state index >= 15 is 0 Å². The molecule has 0 bridgehead atoms. The smallest absolute Gasteiger partial charge is 0.244 e. The number of nitrogens with zero attached hydrogens (tertiary/aromatic N) is 3. The number of H-pyrrole nitrogens is 1. The molecule has 1 aromatic heterocycles. The van der Waals surface area contributed by atoms with Gasteiger partial charge in [0.05, 0.1) is 17.2 Å². The van der Waals surface area contributed by atoms with Gasteiger partial charge in [0.1, 0.15) is 11.6 Å². The molecule has 4 rings (SSSR count). The zero-order valence-corrected chi connectivity index (χ0v) is 16.5. The molecule has 0 saturated carbocycles. The van der Waals surface area contributed by atoms with E-state index in [0.29, 0.717) is 11.5 Å². The fourth-order valence-corrected chi connectivity index (χ4v) is 3.87. The lowest BCUT2D eigenvalue weighted by Crippen LogP contribution is -2.22. The van der Waals surface area contributed by atoms with E-state index in [1.54, 1.807) is 0 Å². The summed E-state index contributed by atoms with van der Waals surface area (Å²) in [6.07, 6.45) is 0. The highest BCUT2D eigenvalue weighted by Gasteiger charge is 2.35. The lowest BCUT2D eigenvalue weighted by Gasteiger charge is -2.25. The Morgan fingerprint density at radius 3 is 2.41 bits per heavy atom. The molecular formula is C23H23N5O. The largest absolute Gasteiger partial charge is 0.420 e. The Labute approximate surface area is 170 Å². The van der Waals surface area contributed by atoms with Crippen molar-refractivity contribution >= 4 is 5.69 Å². The van der Waals surface area contributed by atoms with Crippen LogP contribution in [-0.2, 0) is 0 Å². The summed E-state index contributed by atoms with van der Waals surface area (Å²) in [5.74, 6) is 0.172. The van der Waals surface area contributed by atoms with Crippen LogP contribution < -0.4 is 15.4 Å². The minimum absolute atomic E-state index is 0.101. The third-order valence-electron chi connectivity index (χ3n) is 5.36. The first-order valence-electron chi connectivity index (χ1n) is 9.74. The maximum atomic E-state index is 9.83. The van der Waals surface area contributed by atoms with Crippen LogP contribution in [0.25, 0.3) is 11.3 Å². The lowest BCUT2D eigenvalue weighted by atomic mass is 9.83. The Bertz CT molecular complexity index is 1070. The van der Waals surface area contributed by atoms with E-state index < -0.39 is 0 Å². The number of rotatable bonds is 5. The molecule has 1 atom stereocenters. The van der Waals surface area contributed by atoms with Crippen molar-refractivity contribution in [1.29, 1.82) is 5.26 Å². The SMILES string of the molecule is CCN(CC)c1ccc([C@@H]2C(C#N)=C(N)Oc3n[nH]c(-c4ccccc4)c32)cc1.